The van der Waals surface area contributed by atoms with Gasteiger partial charge in [0, 0.05) is 19.2 Å². The second kappa shape index (κ2) is 9.72. The van der Waals surface area contributed by atoms with Gasteiger partial charge in [-0.05, 0) is 18.6 Å². The molecule has 0 heterocycles. The average molecular weight is 329 g/mol. The zero-order valence-electron chi connectivity index (χ0n) is 12.8. The smallest absolute Gasteiger partial charge is 0.429 e. The maximum Gasteiger partial charge on any atom is 0.514 e. The number of non-ortho nitro benzene ring substituents is 1. The predicted molar refractivity (Wildman–Crippen MR) is 78.1 cm³/mol. The van der Waals surface area contributed by atoms with E-state index in [0.717, 1.165) is 0 Å². The molecule has 9 nitrogen and oxygen atoms in total. The molecule has 1 aromatic carbocycles. The van der Waals surface area contributed by atoms with Crippen LogP contribution in [0.15, 0.2) is 24.3 Å². The van der Waals surface area contributed by atoms with Gasteiger partial charge >= 0.3 is 6.16 Å². The summed E-state index contributed by atoms with van der Waals surface area (Å²) < 4.78 is 19.6. The van der Waals surface area contributed by atoms with E-state index in [4.69, 9.17) is 18.9 Å². The molecule has 2 atom stereocenters. The summed E-state index contributed by atoms with van der Waals surface area (Å²) in [6.07, 6.45) is -2.05. The van der Waals surface area contributed by atoms with Crippen molar-refractivity contribution in [1.29, 1.82) is 0 Å². The van der Waals surface area contributed by atoms with Gasteiger partial charge in [0.1, 0.15) is 12.4 Å². The van der Waals surface area contributed by atoms with Gasteiger partial charge in [0.15, 0.2) is 6.29 Å². The fourth-order valence-electron chi connectivity index (χ4n) is 1.60. The molecule has 0 aromatic heterocycles. The second-order valence-corrected chi connectivity index (χ2v) is 4.49. The molecule has 0 radical (unpaired) electrons. The summed E-state index contributed by atoms with van der Waals surface area (Å²) in [7, 11) is 1.51. The maximum absolute atomic E-state index is 11.4. The molecule has 0 bridgehead atoms. The van der Waals surface area contributed by atoms with Crippen LogP contribution in [-0.2, 0) is 14.2 Å². The zero-order valence-corrected chi connectivity index (χ0v) is 12.8. The molecule has 1 N–H and O–H groups in total. The first kappa shape index (κ1) is 18.8. The molecule has 128 valence electrons. The number of methoxy groups -OCH3 is 1. The fourth-order valence-corrected chi connectivity index (χ4v) is 1.60. The Balaban J connectivity index is 2.37. The minimum Gasteiger partial charge on any atom is -0.429 e. The Morgan fingerprint density at radius 1 is 1.30 bits per heavy atom. The van der Waals surface area contributed by atoms with Crippen molar-refractivity contribution in [2.24, 2.45) is 0 Å². The SMILES string of the molecule is CCC(COC)OC(O)COC(=O)Oc1ccc([N+](=O)[O-])cc1. The number of ether oxygens (including phenoxy) is 4. The summed E-state index contributed by atoms with van der Waals surface area (Å²) >= 11 is 0. The van der Waals surface area contributed by atoms with E-state index < -0.39 is 24.0 Å². The number of rotatable bonds is 9. The molecule has 1 aromatic rings. The number of carbonyl (C=O) groups excluding carboxylic acids is 1. The van der Waals surface area contributed by atoms with Crippen molar-refractivity contribution in [2.45, 2.75) is 25.7 Å². The highest BCUT2D eigenvalue weighted by atomic mass is 16.7. The van der Waals surface area contributed by atoms with Gasteiger partial charge in [-0.25, -0.2) is 4.79 Å². The van der Waals surface area contributed by atoms with Crippen LogP contribution in [0.3, 0.4) is 0 Å². The lowest BCUT2D eigenvalue weighted by Gasteiger charge is -2.19. The molecule has 0 amide bonds. The second-order valence-electron chi connectivity index (χ2n) is 4.49. The summed E-state index contributed by atoms with van der Waals surface area (Å²) in [4.78, 5) is 21.4. The van der Waals surface area contributed by atoms with Crippen LogP contribution < -0.4 is 4.74 Å². The Morgan fingerprint density at radius 2 is 1.96 bits per heavy atom. The number of nitro groups is 1. The molecule has 23 heavy (non-hydrogen) atoms. The average Bonchev–Trinajstić information content (AvgIpc) is 2.53. The quantitative estimate of drug-likeness (QED) is 0.240. The predicted octanol–water partition coefficient (Wildman–Crippen LogP) is 1.87. The molecule has 0 aliphatic heterocycles. The van der Waals surface area contributed by atoms with Crippen molar-refractivity contribution in [3.8, 4) is 5.75 Å². The number of hydrogen-bond acceptors (Lipinski definition) is 8. The molecule has 0 saturated heterocycles. The fraction of sp³-hybridized carbons (Fsp3) is 0.500. The normalized spacial score (nSPS) is 13.2. The van der Waals surface area contributed by atoms with Crippen molar-refractivity contribution in [3.63, 3.8) is 0 Å². The number of nitro benzene ring substituents is 1. The number of benzene rings is 1. The highest BCUT2D eigenvalue weighted by molar-refractivity contribution is 5.63. The van der Waals surface area contributed by atoms with Crippen LogP contribution in [0.5, 0.6) is 5.75 Å². The standard InChI is InChI=1S/C14H19NO8/c1-3-11(8-20-2)22-13(16)9-21-14(17)23-12-6-4-10(5-7-12)15(18)19/h4-7,11,13,16H,3,8-9H2,1-2H3. The molecule has 9 heteroatoms. The van der Waals surface area contributed by atoms with Crippen LogP contribution in [0.2, 0.25) is 0 Å². The molecule has 2 unspecified atom stereocenters. The third-order valence-corrected chi connectivity index (χ3v) is 2.75. The number of aliphatic hydroxyl groups excluding tert-OH is 1. The number of nitrogens with zero attached hydrogens (tertiary/aromatic N) is 1. The first-order chi connectivity index (χ1) is 11.0. The first-order valence-corrected chi connectivity index (χ1v) is 6.87. The van der Waals surface area contributed by atoms with Gasteiger partial charge in [-0.15, -0.1) is 0 Å². The van der Waals surface area contributed by atoms with E-state index in [1.807, 2.05) is 6.92 Å². The van der Waals surface area contributed by atoms with Crippen molar-refractivity contribution in [2.75, 3.05) is 20.3 Å². The lowest BCUT2D eigenvalue weighted by Crippen LogP contribution is -2.30. The van der Waals surface area contributed by atoms with Gasteiger partial charge in [0.25, 0.3) is 5.69 Å². The van der Waals surface area contributed by atoms with E-state index in [0.29, 0.717) is 13.0 Å². The Hall–Kier alpha value is -2.23. The summed E-state index contributed by atoms with van der Waals surface area (Å²) in [6.45, 7) is 1.76. The Kier molecular flexibility index (Phi) is 7.95. The minimum absolute atomic E-state index is 0.0850. The number of hydrogen-bond donors (Lipinski definition) is 1. The van der Waals surface area contributed by atoms with E-state index in [-0.39, 0.29) is 17.5 Å². The van der Waals surface area contributed by atoms with Gasteiger partial charge in [-0.2, -0.15) is 0 Å². The summed E-state index contributed by atoms with van der Waals surface area (Å²) in [5.41, 5.74) is -0.127. The number of carbonyl (C=O) groups is 1. The molecular formula is C14H19NO8. The summed E-state index contributed by atoms with van der Waals surface area (Å²) in [6, 6.07) is 4.91. The van der Waals surface area contributed by atoms with Crippen molar-refractivity contribution in [1.82, 2.24) is 0 Å². The minimum atomic E-state index is -1.31. The van der Waals surface area contributed by atoms with E-state index in [9.17, 15) is 20.0 Å². The molecular weight excluding hydrogens is 310 g/mol. The zero-order chi connectivity index (χ0) is 17.2. The van der Waals surface area contributed by atoms with E-state index in [2.05, 4.69) is 0 Å². The maximum atomic E-state index is 11.4. The van der Waals surface area contributed by atoms with E-state index in [1.54, 1.807) is 0 Å². The highest BCUT2D eigenvalue weighted by Gasteiger charge is 2.16. The molecule has 1 rings (SSSR count). The summed E-state index contributed by atoms with van der Waals surface area (Å²) in [5.74, 6) is 0.0850. The van der Waals surface area contributed by atoms with Crippen molar-refractivity contribution in [3.05, 3.63) is 34.4 Å². The third kappa shape index (κ3) is 7.04. The Morgan fingerprint density at radius 3 is 2.48 bits per heavy atom. The van der Waals surface area contributed by atoms with E-state index in [1.165, 1.54) is 31.4 Å². The van der Waals surface area contributed by atoms with Crippen LogP contribution in [0.1, 0.15) is 13.3 Å². The first-order valence-electron chi connectivity index (χ1n) is 6.87. The Bertz CT molecular complexity index is 504. The molecule has 0 saturated carbocycles. The van der Waals surface area contributed by atoms with Crippen LogP contribution in [-0.4, -0.2) is 48.9 Å². The van der Waals surface area contributed by atoms with Gasteiger partial charge < -0.3 is 24.1 Å². The number of aliphatic hydroxyl groups is 1. The molecule has 0 aliphatic carbocycles. The molecule has 0 aliphatic rings. The van der Waals surface area contributed by atoms with Gasteiger partial charge in [0.05, 0.1) is 17.6 Å². The van der Waals surface area contributed by atoms with Gasteiger partial charge in [-0.1, -0.05) is 6.92 Å². The van der Waals surface area contributed by atoms with E-state index >= 15 is 0 Å². The lowest BCUT2D eigenvalue weighted by atomic mass is 10.3. The lowest BCUT2D eigenvalue weighted by molar-refractivity contribution is -0.384. The molecule has 0 spiro atoms. The van der Waals surface area contributed by atoms with Gasteiger partial charge in [-0.3, -0.25) is 10.1 Å². The monoisotopic (exact) mass is 329 g/mol. The van der Waals surface area contributed by atoms with Crippen LogP contribution in [0.4, 0.5) is 10.5 Å². The third-order valence-electron chi connectivity index (χ3n) is 2.75. The van der Waals surface area contributed by atoms with Crippen molar-refractivity contribution < 1.29 is 33.8 Å². The van der Waals surface area contributed by atoms with Crippen LogP contribution in [0.25, 0.3) is 0 Å². The summed E-state index contributed by atoms with van der Waals surface area (Å²) in [5, 5.41) is 20.1. The van der Waals surface area contributed by atoms with Crippen LogP contribution in [0, 0.1) is 10.1 Å². The largest absolute Gasteiger partial charge is 0.514 e. The molecule has 0 fully saturated rings. The van der Waals surface area contributed by atoms with Crippen molar-refractivity contribution >= 4 is 11.8 Å². The van der Waals surface area contributed by atoms with Crippen LogP contribution >= 0.6 is 0 Å². The topological polar surface area (TPSA) is 117 Å². The van der Waals surface area contributed by atoms with Gasteiger partial charge in [0.2, 0.25) is 0 Å². The highest BCUT2D eigenvalue weighted by Crippen LogP contribution is 2.17. The Labute approximate surface area is 132 Å².